The number of benzene rings is 2. The summed E-state index contributed by atoms with van der Waals surface area (Å²) in [7, 11) is 0. The van der Waals surface area contributed by atoms with Gasteiger partial charge in [-0.25, -0.2) is 0 Å². The topological polar surface area (TPSA) is 95.6 Å². The molecule has 0 saturated carbocycles. The quantitative estimate of drug-likeness (QED) is 0.366. The van der Waals surface area contributed by atoms with Crippen LogP contribution in [0.25, 0.3) is 0 Å². The molecule has 0 aliphatic heterocycles. The van der Waals surface area contributed by atoms with Gasteiger partial charge in [0.2, 0.25) is 11.8 Å². The molecule has 8 heteroatoms. The first-order valence-corrected chi connectivity index (χ1v) is 13.0. The molecular formula is C29H33N3O4S. The number of amides is 3. The van der Waals surface area contributed by atoms with Crippen molar-refractivity contribution in [3.63, 3.8) is 0 Å². The van der Waals surface area contributed by atoms with Crippen LogP contribution in [0.5, 0.6) is 0 Å². The lowest BCUT2D eigenvalue weighted by atomic mass is 9.97. The molecule has 2 N–H and O–H groups in total. The van der Waals surface area contributed by atoms with Crippen molar-refractivity contribution in [2.45, 2.75) is 52.6 Å². The van der Waals surface area contributed by atoms with E-state index in [4.69, 9.17) is 0 Å². The summed E-state index contributed by atoms with van der Waals surface area (Å²) in [6.07, 6.45) is 0.685. The minimum atomic E-state index is -1.03. The van der Waals surface area contributed by atoms with Gasteiger partial charge in [0, 0.05) is 16.8 Å². The zero-order chi connectivity index (χ0) is 27.2. The van der Waals surface area contributed by atoms with E-state index in [9.17, 15) is 19.2 Å². The van der Waals surface area contributed by atoms with Crippen molar-refractivity contribution >= 4 is 40.5 Å². The van der Waals surface area contributed by atoms with Crippen molar-refractivity contribution in [3.8, 4) is 0 Å². The molecule has 0 bridgehead atoms. The maximum atomic E-state index is 13.8. The van der Waals surface area contributed by atoms with Crippen LogP contribution in [0.15, 0.2) is 66.0 Å². The summed E-state index contributed by atoms with van der Waals surface area (Å²) in [6.45, 7) is 8.87. The lowest BCUT2D eigenvalue weighted by molar-refractivity contribution is -0.127. The number of anilines is 1. The normalized spacial score (nSPS) is 11.9. The summed E-state index contributed by atoms with van der Waals surface area (Å²) in [6, 6.07) is 16.4. The second-order valence-corrected chi connectivity index (χ2v) is 10.5. The standard InChI is InChI=1S/C29H33N3O4S/c1-6-29(4,5)31-28(36)26(21-14-12-19(2)13-15-21)32(23-10-7-9-22(17-23)20(3)33)25(34)18-30-27(35)24-11-8-16-37-24/h7-17,26H,6,18H2,1-5H3,(H,30,35)(H,31,36)/t26-/m0/s1. The molecular weight excluding hydrogens is 486 g/mol. The van der Waals surface area contributed by atoms with Gasteiger partial charge in [-0.1, -0.05) is 55.0 Å². The summed E-state index contributed by atoms with van der Waals surface area (Å²) < 4.78 is 0. The van der Waals surface area contributed by atoms with Crippen molar-refractivity contribution in [1.29, 1.82) is 0 Å². The van der Waals surface area contributed by atoms with Gasteiger partial charge in [-0.2, -0.15) is 0 Å². The van der Waals surface area contributed by atoms with E-state index in [2.05, 4.69) is 10.6 Å². The lowest BCUT2D eigenvalue weighted by Crippen LogP contribution is -2.52. The van der Waals surface area contributed by atoms with E-state index >= 15 is 0 Å². The van der Waals surface area contributed by atoms with Crippen molar-refractivity contribution in [3.05, 3.63) is 87.6 Å². The number of carbonyl (C=O) groups is 4. The number of nitrogens with zero attached hydrogens (tertiary/aromatic N) is 1. The maximum absolute atomic E-state index is 13.8. The number of aryl methyl sites for hydroxylation is 1. The molecule has 0 unspecified atom stereocenters. The first-order valence-electron chi connectivity index (χ1n) is 12.2. The summed E-state index contributed by atoms with van der Waals surface area (Å²) in [5.74, 6) is -1.38. The number of carbonyl (C=O) groups excluding carboxylic acids is 4. The zero-order valence-corrected chi connectivity index (χ0v) is 22.6. The highest BCUT2D eigenvalue weighted by molar-refractivity contribution is 7.12. The van der Waals surface area contributed by atoms with Crippen LogP contribution >= 0.6 is 11.3 Å². The Labute approximate surface area is 221 Å². The van der Waals surface area contributed by atoms with Gasteiger partial charge in [-0.3, -0.25) is 24.1 Å². The molecule has 1 heterocycles. The summed E-state index contributed by atoms with van der Waals surface area (Å²) in [5.41, 5.74) is 1.91. The molecule has 0 fully saturated rings. The minimum absolute atomic E-state index is 0.163. The van der Waals surface area contributed by atoms with Crippen LogP contribution in [0, 0.1) is 6.92 Å². The highest BCUT2D eigenvalue weighted by atomic mass is 32.1. The van der Waals surface area contributed by atoms with Gasteiger partial charge in [0.1, 0.15) is 6.04 Å². The number of hydrogen-bond acceptors (Lipinski definition) is 5. The van der Waals surface area contributed by atoms with E-state index in [1.165, 1.54) is 23.2 Å². The molecule has 1 atom stereocenters. The van der Waals surface area contributed by atoms with Gasteiger partial charge in [-0.15, -0.1) is 11.3 Å². The zero-order valence-electron chi connectivity index (χ0n) is 21.8. The van der Waals surface area contributed by atoms with Crippen molar-refractivity contribution in [2.75, 3.05) is 11.4 Å². The number of nitrogens with one attached hydrogen (secondary N) is 2. The first-order chi connectivity index (χ1) is 17.5. The maximum Gasteiger partial charge on any atom is 0.261 e. The summed E-state index contributed by atoms with van der Waals surface area (Å²) >= 11 is 1.27. The highest BCUT2D eigenvalue weighted by Crippen LogP contribution is 2.30. The monoisotopic (exact) mass is 519 g/mol. The van der Waals surface area contributed by atoms with Crippen LogP contribution < -0.4 is 15.5 Å². The molecule has 194 valence electrons. The van der Waals surface area contributed by atoms with Crippen LogP contribution in [-0.2, 0) is 9.59 Å². The van der Waals surface area contributed by atoms with E-state index in [1.54, 1.807) is 41.8 Å². The van der Waals surface area contributed by atoms with E-state index in [1.807, 2.05) is 52.0 Å². The number of thiophene rings is 1. The van der Waals surface area contributed by atoms with E-state index in [0.29, 0.717) is 28.1 Å². The third-order valence-corrected chi connectivity index (χ3v) is 7.06. The summed E-state index contributed by atoms with van der Waals surface area (Å²) in [4.78, 5) is 54.1. The number of Topliss-reactive ketones (excluding diaryl/α,β-unsaturated/α-hetero) is 1. The van der Waals surface area contributed by atoms with Gasteiger partial charge < -0.3 is 10.6 Å². The van der Waals surface area contributed by atoms with Crippen molar-refractivity contribution in [1.82, 2.24) is 10.6 Å². The predicted molar refractivity (Wildman–Crippen MR) is 147 cm³/mol. The number of hydrogen-bond donors (Lipinski definition) is 2. The average molecular weight is 520 g/mol. The minimum Gasteiger partial charge on any atom is -0.349 e. The fourth-order valence-corrected chi connectivity index (χ4v) is 4.34. The van der Waals surface area contributed by atoms with Crippen LogP contribution in [0.2, 0.25) is 0 Å². The fourth-order valence-electron chi connectivity index (χ4n) is 3.70. The Hall–Kier alpha value is -3.78. The van der Waals surface area contributed by atoms with Gasteiger partial charge in [-0.05, 0) is 63.3 Å². The van der Waals surface area contributed by atoms with E-state index < -0.39 is 17.5 Å². The third-order valence-electron chi connectivity index (χ3n) is 6.19. The van der Waals surface area contributed by atoms with E-state index in [-0.39, 0.29) is 24.1 Å². The molecule has 2 aromatic carbocycles. The Morgan fingerprint density at radius 3 is 2.30 bits per heavy atom. The Morgan fingerprint density at radius 2 is 1.70 bits per heavy atom. The molecule has 3 amide bonds. The largest absolute Gasteiger partial charge is 0.349 e. The molecule has 1 aromatic heterocycles. The second-order valence-electron chi connectivity index (χ2n) is 9.57. The van der Waals surface area contributed by atoms with Crippen molar-refractivity contribution in [2.24, 2.45) is 0 Å². The lowest BCUT2D eigenvalue weighted by Gasteiger charge is -2.35. The predicted octanol–water partition coefficient (Wildman–Crippen LogP) is 5.07. The fraction of sp³-hybridized carbons (Fsp3) is 0.310. The molecule has 37 heavy (non-hydrogen) atoms. The molecule has 3 rings (SSSR count). The van der Waals surface area contributed by atoms with Crippen LogP contribution in [0.3, 0.4) is 0 Å². The second kappa shape index (κ2) is 12.0. The smallest absolute Gasteiger partial charge is 0.261 e. The van der Waals surface area contributed by atoms with Gasteiger partial charge >= 0.3 is 0 Å². The molecule has 0 saturated heterocycles. The third kappa shape index (κ3) is 7.13. The van der Waals surface area contributed by atoms with Crippen molar-refractivity contribution < 1.29 is 19.2 Å². The Morgan fingerprint density at radius 1 is 1.00 bits per heavy atom. The Kier molecular flexibility index (Phi) is 8.99. The van der Waals surface area contributed by atoms with Gasteiger partial charge in [0.15, 0.2) is 5.78 Å². The van der Waals surface area contributed by atoms with Crippen LogP contribution in [0.4, 0.5) is 5.69 Å². The molecule has 0 aliphatic rings. The molecule has 3 aromatic rings. The summed E-state index contributed by atoms with van der Waals surface area (Å²) in [5, 5.41) is 7.51. The number of rotatable bonds is 10. The molecule has 0 radical (unpaired) electrons. The SMILES string of the molecule is CCC(C)(C)NC(=O)[C@H](c1ccc(C)cc1)N(C(=O)CNC(=O)c1cccs1)c1cccc(C(C)=O)c1. The Bertz CT molecular complexity index is 1270. The van der Waals surface area contributed by atoms with Crippen LogP contribution in [-0.4, -0.2) is 35.6 Å². The average Bonchev–Trinajstić information content (AvgIpc) is 3.41. The van der Waals surface area contributed by atoms with Gasteiger partial charge in [0.05, 0.1) is 11.4 Å². The van der Waals surface area contributed by atoms with E-state index in [0.717, 1.165) is 5.56 Å². The Balaban J connectivity index is 2.08. The highest BCUT2D eigenvalue weighted by Gasteiger charge is 2.35. The first kappa shape index (κ1) is 27.8. The number of ketones is 1. The molecule has 7 nitrogen and oxygen atoms in total. The van der Waals surface area contributed by atoms with Gasteiger partial charge in [0.25, 0.3) is 5.91 Å². The van der Waals surface area contributed by atoms with Crippen LogP contribution in [0.1, 0.15) is 71.3 Å². The molecule has 0 aliphatic carbocycles. The molecule has 0 spiro atoms.